The van der Waals surface area contributed by atoms with Crippen LogP contribution in [-0.4, -0.2) is 6.04 Å². The van der Waals surface area contributed by atoms with Gasteiger partial charge >= 0.3 is 0 Å². The van der Waals surface area contributed by atoms with Gasteiger partial charge in [-0.05, 0) is 71.9 Å². The number of halogens is 1. The van der Waals surface area contributed by atoms with Crippen molar-refractivity contribution in [3.8, 4) is 0 Å². The summed E-state index contributed by atoms with van der Waals surface area (Å²) in [5, 5.41) is 3.71. The maximum Gasteiger partial charge on any atom is 0.0478 e. The van der Waals surface area contributed by atoms with E-state index >= 15 is 0 Å². The van der Waals surface area contributed by atoms with Crippen molar-refractivity contribution < 1.29 is 0 Å². The molecule has 0 unspecified atom stereocenters. The van der Waals surface area contributed by atoms with Crippen LogP contribution in [0.25, 0.3) is 0 Å². The molecule has 2 heteroatoms. The topological polar surface area (TPSA) is 12.0 Å². The summed E-state index contributed by atoms with van der Waals surface area (Å²) in [6.45, 7) is 0. The molecule has 1 aliphatic rings. The summed E-state index contributed by atoms with van der Waals surface area (Å²) in [6, 6.07) is 20.2. The molecular weight excluding hydrogens is 357 g/mol. The van der Waals surface area contributed by atoms with Crippen LogP contribution in [0.2, 0.25) is 0 Å². The quantitative estimate of drug-likeness (QED) is 0.704. The molecule has 0 aliphatic heterocycles. The van der Waals surface area contributed by atoms with Gasteiger partial charge in [-0.3, -0.25) is 0 Å². The smallest absolute Gasteiger partial charge is 0.0478 e. The molecule has 20 heavy (non-hydrogen) atoms. The Morgan fingerprint density at radius 3 is 2.15 bits per heavy atom. The van der Waals surface area contributed by atoms with Crippen molar-refractivity contribution in [3.63, 3.8) is 0 Å². The minimum Gasteiger partial charge on any atom is -0.381 e. The highest BCUT2D eigenvalue weighted by atomic mass is 127. The zero-order chi connectivity index (χ0) is 13.8. The lowest BCUT2D eigenvalue weighted by Gasteiger charge is -2.30. The molecule has 0 heterocycles. The molecule has 0 amide bonds. The second-order valence-electron chi connectivity index (χ2n) is 5.58. The summed E-state index contributed by atoms with van der Waals surface area (Å²) >= 11 is 2.41. The molecule has 2 aromatic rings. The molecule has 104 valence electrons. The van der Waals surface area contributed by atoms with Crippen molar-refractivity contribution in [2.75, 3.05) is 5.32 Å². The number of para-hydroxylation sites is 1. The summed E-state index contributed by atoms with van der Waals surface area (Å²) in [6.07, 6.45) is 5.13. The van der Waals surface area contributed by atoms with Crippen molar-refractivity contribution in [3.05, 3.63) is 63.7 Å². The van der Waals surface area contributed by atoms with Crippen LogP contribution < -0.4 is 5.32 Å². The molecular formula is C18H20IN. The highest BCUT2D eigenvalue weighted by molar-refractivity contribution is 14.1. The van der Waals surface area contributed by atoms with Gasteiger partial charge in [-0.15, -0.1) is 0 Å². The van der Waals surface area contributed by atoms with E-state index in [1.54, 1.807) is 0 Å². The normalized spacial score (nSPS) is 22.4. The molecule has 3 rings (SSSR count). The predicted octanol–water partition coefficient (Wildman–Crippen LogP) is 5.43. The van der Waals surface area contributed by atoms with Crippen LogP contribution in [0, 0.1) is 3.57 Å². The van der Waals surface area contributed by atoms with E-state index in [1.807, 2.05) is 0 Å². The molecule has 1 fully saturated rings. The van der Waals surface area contributed by atoms with Gasteiger partial charge < -0.3 is 5.32 Å². The average Bonchev–Trinajstić information content (AvgIpc) is 2.51. The van der Waals surface area contributed by atoms with Gasteiger partial charge in [0.15, 0.2) is 0 Å². The van der Waals surface area contributed by atoms with Crippen molar-refractivity contribution in [2.45, 2.75) is 37.6 Å². The van der Waals surface area contributed by atoms with E-state index in [1.165, 1.54) is 40.5 Å². The molecule has 1 saturated carbocycles. The van der Waals surface area contributed by atoms with Gasteiger partial charge in [0.25, 0.3) is 0 Å². The summed E-state index contributed by atoms with van der Waals surface area (Å²) in [7, 11) is 0. The molecule has 1 N–H and O–H groups in total. The number of hydrogen-bond donors (Lipinski definition) is 1. The fraction of sp³-hybridized carbons (Fsp3) is 0.333. The zero-order valence-corrected chi connectivity index (χ0v) is 13.7. The molecule has 0 spiro atoms. The fourth-order valence-corrected chi connectivity index (χ4v) is 3.64. The lowest BCUT2D eigenvalue weighted by molar-refractivity contribution is 0.412. The Bertz CT molecular complexity index is 544. The maximum atomic E-state index is 3.71. The van der Waals surface area contributed by atoms with Crippen molar-refractivity contribution in [2.24, 2.45) is 0 Å². The van der Waals surface area contributed by atoms with Gasteiger partial charge in [-0.1, -0.05) is 42.5 Å². The van der Waals surface area contributed by atoms with Crippen LogP contribution in [0.4, 0.5) is 5.69 Å². The number of nitrogens with one attached hydrogen (secondary N) is 1. The summed E-state index contributed by atoms with van der Waals surface area (Å²) < 4.78 is 1.32. The van der Waals surface area contributed by atoms with Crippen LogP contribution in [0.1, 0.15) is 37.2 Å². The highest BCUT2D eigenvalue weighted by Crippen LogP contribution is 2.34. The summed E-state index contributed by atoms with van der Waals surface area (Å²) in [5.74, 6) is 0.754. The van der Waals surface area contributed by atoms with Gasteiger partial charge in [0, 0.05) is 15.3 Å². The monoisotopic (exact) mass is 377 g/mol. The summed E-state index contributed by atoms with van der Waals surface area (Å²) in [5.41, 5.74) is 2.80. The molecule has 0 bridgehead atoms. The Balaban J connectivity index is 1.58. The van der Waals surface area contributed by atoms with E-state index in [9.17, 15) is 0 Å². The van der Waals surface area contributed by atoms with Crippen LogP contribution >= 0.6 is 22.6 Å². The van der Waals surface area contributed by atoms with Crippen molar-refractivity contribution >= 4 is 28.3 Å². The minimum absolute atomic E-state index is 0.630. The van der Waals surface area contributed by atoms with Crippen LogP contribution in [0.5, 0.6) is 0 Å². The van der Waals surface area contributed by atoms with Gasteiger partial charge in [-0.2, -0.15) is 0 Å². The lowest BCUT2D eigenvalue weighted by atomic mass is 9.82. The molecule has 1 aliphatic carbocycles. The molecule has 2 aromatic carbocycles. The SMILES string of the molecule is Ic1ccccc1NC1CCC(c2ccccc2)CC1. The van der Waals surface area contributed by atoms with Crippen molar-refractivity contribution in [1.82, 2.24) is 0 Å². The molecule has 1 nitrogen and oxygen atoms in total. The molecule has 0 radical (unpaired) electrons. The zero-order valence-electron chi connectivity index (χ0n) is 11.6. The van der Waals surface area contributed by atoms with Crippen LogP contribution in [0.15, 0.2) is 54.6 Å². The third-order valence-corrected chi connectivity index (χ3v) is 5.17. The van der Waals surface area contributed by atoms with Gasteiger partial charge in [0.1, 0.15) is 0 Å². The van der Waals surface area contributed by atoms with Gasteiger partial charge in [-0.25, -0.2) is 0 Å². The lowest BCUT2D eigenvalue weighted by Crippen LogP contribution is -2.25. The highest BCUT2D eigenvalue weighted by Gasteiger charge is 2.22. The molecule has 0 saturated heterocycles. The average molecular weight is 377 g/mol. The first-order chi connectivity index (χ1) is 9.83. The van der Waals surface area contributed by atoms with E-state index in [0.717, 1.165) is 5.92 Å². The van der Waals surface area contributed by atoms with E-state index in [0.29, 0.717) is 6.04 Å². The Kier molecular flexibility index (Phi) is 4.61. The Hall–Kier alpha value is -1.03. The maximum absolute atomic E-state index is 3.71. The molecule has 0 aromatic heterocycles. The first-order valence-electron chi connectivity index (χ1n) is 7.39. The second-order valence-corrected chi connectivity index (χ2v) is 6.75. The second kappa shape index (κ2) is 6.61. The van der Waals surface area contributed by atoms with E-state index in [2.05, 4.69) is 82.5 Å². The van der Waals surface area contributed by atoms with Gasteiger partial charge in [0.2, 0.25) is 0 Å². The van der Waals surface area contributed by atoms with E-state index < -0.39 is 0 Å². The fourth-order valence-electron chi connectivity index (χ4n) is 3.09. The summed E-state index contributed by atoms with van der Waals surface area (Å²) in [4.78, 5) is 0. The minimum atomic E-state index is 0.630. The Labute approximate surface area is 134 Å². The number of benzene rings is 2. The van der Waals surface area contributed by atoms with Crippen LogP contribution in [0.3, 0.4) is 0 Å². The van der Waals surface area contributed by atoms with E-state index in [-0.39, 0.29) is 0 Å². The Morgan fingerprint density at radius 2 is 1.45 bits per heavy atom. The third-order valence-electron chi connectivity index (χ3n) is 4.23. The van der Waals surface area contributed by atoms with Gasteiger partial charge in [0.05, 0.1) is 0 Å². The van der Waals surface area contributed by atoms with Crippen LogP contribution in [-0.2, 0) is 0 Å². The number of anilines is 1. The Morgan fingerprint density at radius 1 is 0.800 bits per heavy atom. The molecule has 0 atom stereocenters. The largest absolute Gasteiger partial charge is 0.381 e. The number of hydrogen-bond acceptors (Lipinski definition) is 1. The number of rotatable bonds is 3. The van der Waals surface area contributed by atoms with E-state index in [4.69, 9.17) is 0 Å². The third kappa shape index (κ3) is 3.35. The first-order valence-corrected chi connectivity index (χ1v) is 8.47. The first kappa shape index (κ1) is 13.9. The standard InChI is InChI=1S/C18H20IN/c19-17-8-4-5-9-18(17)20-16-12-10-15(11-13-16)14-6-2-1-3-7-14/h1-9,15-16,20H,10-13H2. The predicted molar refractivity (Wildman–Crippen MR) is 94.2 cm³/mol. The van der Waals surface area contributed by atoms with Crippen molar-refractivity contribution in [1.29, 1.82) is 0 Å².